The molecule has 0 saturated carbocycles. The largest absolute Gasteiger partial charge is 0.481 e. The van der Waals surface area contributed by atoms with E-state index in [0.29, 0.717) is 59.7 Å². The summed E-state index contributed by atoms with van der Waals surface area (Å²) in [6, 6.07) is 13.5. The first-order valence-electron chi connectivity index (χ1n) is 15.0. The number of aliphatic hydroxyl groups is 1. The first-order chi connectivity index (χ1) is 23.3. The van der Waals surface area contributed by atoms with Gasteiger partial charge >= 0.3 is 6.09 Å². The van der Waals surface area contributed by atoms with Crippen LogP contribution in [0.5, 0.6) is 5.88 Å². The number of carbonyl (C=O) groups is 3. The lowest BCUT2D eigenvalue weighted by Crippen LogP contribution is -2.33. The number of nitrogens with one attached hydrogen (secondary N) is 4. The first kappa shape index (κ1) is 34.5. The smallest absolute Gasteiger partial charge is 0.407 e. The predicted octanol–water partition coefficient (Wildman–Crippen LogP) is 4.36. The number of halogens is 2. The van der Waals surface area contributed by atoms with Crippen LogP contribution in [0.25, 0.3) is 22.5 Å². The van der Waals surface area contributed by atoms with E-state index in [1.165, 1.54) is 7.11 Å². The van der Waals surface area contributed by atoms with Crippen LogP contribution in [0.1, 0.15) is 34.5 Å². The molecule has 5 rings (SSSR count). The number of nitrogens with zero attached hydrogens (tertiary/aromatic N) is 3. The number of hydrogen-bond acceptors (Lipinski definition) is 10. The Morgan fingerprint density at radius 3 is 2.62 bits per heavy atom. The molecule has 1 fully saturated rings. The Morgan fingerprint density at radius 2 is 1.90 bits per heavy atom. The number of ether oxygens (including phenoxy) is 2. The normalized spacial score (nSPS) is 13.9. The average molecular weight is 695 g/mol. The minimum atomic E-state index is -0.628. The molecule has 1 aliphatic heterocycles. The van der Waals surface area contributed by atoms with Crippen molar-refractivity contribution in [3.8, 4) is 28.4 Å². The van der Waals surface area contributed by atoms with Gasteiger partial charge in [0.25, 0.3) is 5.91 Å². The molecule has 0 unspecified atom stereocenters. The molecule has 250 valence electrons. The Bertz CT molecular complexity index is 1790. The van der Waals surface area contributed by atoms with Crippen LogP contribution in [-0.2, 0) is 22.6 Å². The van der Waals surface area contributed by atoms with E-state index in [-0.39, 0.29) is 53.3 Å². The van der Waals surface area contributed by atoms with Crippen molar-refractivity contribution in [2.45, 2.75) is 32.0 Å². The summed E-state index contributed by atoms with van der Waals surface area (Å²) in [6.45, 7) is 1.18. The summed E-state index contributed by atoms with van der Waals surface area (Å²) in [5.41, 5.74) is 3.94. The number of amides is 3. The zero-order valence-corrected chi connectivity index (χ0v) is 27.4. The fraction of sp³-hybridized carbons (Fsp3) is 0.273. The second-order valence-corrected chi connectivity index (χ2v) is 11.5. The highest BCUT2D eigenvalue weighted by atomic mass is 35.5. The highest BCUT2D eigenvalue weighted by Gasteiger charge is 2.22. The molecule has 1 aromatic carbocycles. The van der Waals surface area contributed by atoms with Gasteiger partial charge in [0.2, 0.25) is 11.8 Å². The van der Waals surface area contributed by atoms with Crippen LogP contribution in [0, 0.1) is 0 Å². The van der Waals surface area contributed by atoms with Crippen molar-refractivity contribution in [1.29, 1.82) is 0 Å². The quantitative estimate of drug-likeness (QED) is 0.126. The Hall–Kier alpha value is -4.82. The molecule has 0 aliphatic carbocycles. The van der Waals surface area contributed by atoms with Crippen LogP contribution in [0.4, 0.5) is 10.5 Å². The standard InChI is InChI=1S/C33H33Cl2N7O6/c1-47-32-20(17-39-33(46)48-18-21-7-10-27(44)40-21)6-9-24(42-32)22-11-12-37-30(29(22)35)23-3-2-4-25(28(23)34)41-31(45)26-8-5-19(16-38-26)15-36-13-14-43/h2-6,8-9,11-12,16,21,36,43H,7,10,13-15,17-18H2,1H3,(H,39,46)(H,40,44)(H,41,45)/t21-/m1/s1. The second-order valence-electron chi connectivity index (χ2n) is 10.7. The van der Waals surface area contributed by atoms with Gasteiger partial charge in [-0.3, -0.25) is 19.6 Å². The maximum atomic E-state index is 13.0. The van der Waals surface area contributed by atoms with Crippen molar-refractivity contribution < 1.29 is 29.0 Å². The molecule has 1 aliphatic rings. The molecule has 4 heterocycles. The van der Waals surface area contributed by atoms with Gasteiger partial charge in [0.1, 0.15) is 12.3 Å². The summed E-state index contributed by atoms with van der Waals surface area (Å²) in [4.78, 5) is 49.8. The van der Waals surface area contributed by atoms with Crippen molar-refractivity contribution in [2.24, 2.45) is 0 Å². The lowest BCUT2D eigenvalue weighted by atomic mass is 10.1. The summed E-state index contributed by atoms with van der Waals surface area (Å²) >= 11 is 13.7. The van der Waals surface area contributed by atoms with Gasteiger partial charge in [0, 0.05) is 48.6 Å². The minimum Gasteiger partial charge on any atom is -0.481 e. The van der Waals surface area contributed by atoms with Gasteiger partial charge in [-0.15, -0.1) is 0 Å². The van der Waals surface area contributed by atoms with E-state index in [1.807, 2.05) is 0 Å². The lowest BCUT2D eigenvalue weighted by molar-refractivity contribution is -0.119. The van der Waals surface area contributed by atoms with Crippen LogP contribution in [0.3, 0.4) is 0 Å². The molecule has 0 radical (unpaired) electrons. The number of benzene rings is 1. The van der Waals surface area contributed by atoms with E-state index in [9.17, 15) is 14.4 Å². The third kappa shape index (κ3) is 8.55. The molecule has 4 aromatic rings. The number of carbonyl (C=O) groups excluding carboxylic acids is 3. The molecule has 1 saturated heterocycles. The van der Waals surface area contributed by atoms with Crippen LogP contribution in [0.2, 0.25) is 10.0 Å². The van der Waals surface area contributed by atoms with Gasteiger partial charge in [-0.1, -0.05) is 41.4 Å². The van der Waals surface area contributed by atoms with Gasteiger partial charge in [0.05, 0.1) is 53.4 Å². The molecule has 5 N–H and O–H groups in total. The van der Waals surface area contributed by atoms with E-state index < -0.39 is 12.0 Å². The van der Waals surface area contributed by atoms with E-state index in [1.54, 1.807) is 60.9 Å². The van der Waals surface area contributed by atoms with Crippen molar-refractivity contribution in [2.75, 3.05) is 32.2 Å². The summed E-state index contributed by atoms with van der Waals surface area (Å²) in [6.07, 6.45) is 3.58. The molecule has 15 heteroatoms. The van der Waals surface area contributed by atoms with Gasteiger partial charge in [0.15, 0.2) is 0 Å². The SMILES string of the molecule is COc1nc(-c2ccnc(-c3cccc(NC(=O)c4ccc(CNCCO)cn4)c3Cl)c2Cl)ccc1CNC(=O)OC[C@H]1CCC(=O)N1. The molecule has 0 spiro atoms. The predicted molar refractivity (Wildman–Crippen MR) is 180 cm³/mol. The molecule has 1 atom stereocenters. The van der Waals surface area contributed by atoms with Crippen molar-refractivity contribution in [1.82, 2.24) is 30.9 Å². The summed E-state index contributed by atoms with van der Waals surface area (Å²) in [7, 11) is 1.47. The van der Waals surface area contributed by atoms with Gasteiger partial charge in [-0.2, -0.15) is 0 Å². The maximum Gasteiger partial charge on any atom is 0.407 e. The zero-order valence-electron chi connectivity index (χ0n) is 25.9. The number of hydrogen-bond donors (Lipinski definition) is 5. The van der Waals surface area contributed by atoms with Gasteiger partial charge < -0.3 is 35.8 Å². The molecule has 13 nitrogen and oxygen atoms in total. The first-order valence-corrected chi connectivity index (χ1v) is 15.8. The van der Waals surface area contributed by atoms with Crippen molar-refractivity contribution in [3.05, 3.63) is 87.8 Å². The number of pyridine rings is 3. The second kappa shape index (κ2) is 16.3. The molecular formula is C33H33Cl2N7O6. The fourth-order valence-electron chi connectivity index (χ4n) is 4.93. The topological polar surface area (TPSA) is 177 Å². The van der Waals surface area contributed by atoms with Crippen molar-refractivity contribution in [3.63, 3.8) is 0 Å². The number of aliphatic hydroxyl groups excluding tert-OH is 1. The Kier molecular flexibility index (Phi) is 11.7. The van der Waals surface area contributed by atoms with E-state index in [4.69, 9.17) is 37.8 Å². The molecular weight excluding hydrogens is 661 g/mol. The Balaban J connectivity index is 1.28. The van der Waals surface area contributed by atoms with Gasteiger partial charge in [-0.25, -0.2) is 9.78 Å². The summed E-state index contributed by atoms with van der Waals surface area (Å²) in [5, 5.41) is 20.7. The molecule has 3 amide bonds. The average Bonchev–Trinajstić information content (AvgIpc) is 3.52. The summed E-state index contributed by atoms with van der Waals surface area (Å²) in [5.74, 6) is -0.225. The van der Waals surface area contributed by atoms with E-state index >= 15 is 0 Å². The Morgan fingerprint density at radius 1 is 1.04 bits per heavy atom. The highest BCUT2D eigenvalue weighted by Crippen LogP contribution is 2.40. The van der Waals surface area contributed by atoms with Crippen molar-refractivity contribution >= 4 is 46.8 Å². The molecule has 0 bridgehead atoms. The molecule has 3 aromatic heterocycles. The fourth-order valence-corrected chi connectivity index (χ4v) is 5.50. The van der Waals surface area contributed by atoms with Crippen LogP contribution in [0.15, 0.2) is 60.9 Å². The monoisotopic (exact) mass is 693 g/mol. The number of aromatic nitrogens is 3. The third-order valence-corrected chi connectivity index (χ3v) is 8.19. The van der Waals surface area contributed by atoms with E-state index in [0.717, 1.165) is 5.56 Å². The maximum absolute atomic E-state index is 13.0. The number of anilines is 1. The minimum absolute atomic E-state index is 0.0298. The van der Waals surface area contributed by atoms with Crippen LogP contribution in [-0.4, -0.2) is 70.9 Å². The number of rotatable bonds is 13. The third-order valence-electron chi connectivity index (χ3n) is 7.40. The Labute approximate surface area is 286 Å². The molecule has 48 heavy (non-hydrogen) atoms. The highest BCUT2D eigenvalue weighted by molar-refractivity contribution is 6.39. The van der Waals surface area contributed by atoms with E-state index in [2.05, 4.69) is 36.2 Å². The lowest BCUT2D eigenvalue weighted by Gasteiger charge is -2.15. The number of methoxy groups -OCH3 is 1. The van der Waals surface area contributed by atoms with Gasteiger partial charge in [-0.05, 0) is 42.3 Å². The number of alkyl carbamates (subject to hydrolysis) is 1. The zero-order chi connectivity index (χ0) is 34.0. The van der Waals surface area contributed by atoms with Crippen LogP contribution < -0.4 is 26.0 Å². The summed E-state index contributed by atoms with van der Waals surface area (Å²) < 4.78 is 10.7. The van der Waals surface area contributed by atoms with Crippen LogP contribution >= 0.6 is 23.2 Å².